The van der Waals surface area contributed by atoms with E-state index >= 15 is 0 Å². The summed E-state index contributed by atoms with van der Waals surface area (Å²) in [7, 11) is -1.79. The van der Waals surface area contributed by atoms with Crippen LogP contribution >= 0.6 is 11.8 Å². The Balaban J connectivity index is 1.70. The molecule has 1 aromatic carbocycles. The second-order valence-electron chi connectivity index (χ2n) is 6.90. The first-order chi connectivity index (χ1) is 14.8. The molecule has 0 amide bonds. The molecule has 0 saturated carbocycles. The lowest BCUT2D eigenvalue weighted by atomic mass is 10.0. The average Bonchev–Trinajstić information content (AvgIpc) is 3.12. The van der Waals surface area contributed by atoms with E-state index in [0.717, 1.165) is 16.3 Å². The topological polar surface area (TPSA) is 127 Å². The maximum Gasteiger partial charge on any atom is 0.234 e. The summed E-state index contributed by atoms with van der Waals surface area (Å²) in [6.07, 6.45) is 3.16. The molecule has 2 aromatic heterocycles. The number of Topliss-reactive ketones (excluding diaryl/α,β-unsaturated/α-hetero) is 1. The molecule has 0 unspecified atom stereocenters. The zero-order chi connectivity index (χ0) is 22.4. The van der Waals surface area contributed by atoms with Crippen molar-refractivity contribution in [1.82, 2.24) is 19.7 Å². The standard InChI is InChI=1S/C20H23N5O4S2/c1-14(30-20-23-22-13-25(20)2)16-5-3-4-15(10-16)11-19(27)18-12-17(6-7-21-18)24-31(28,29)9-8-26/h3-7,10,12-14,26H,8-9,11H2,1-2H3,(H,21,24)/t14-/m0/s1. The van der Waals surface area contributed by atoms with Crippen LogP contribution in [0.1, 0.15) is 33.8 Å². The van der Waals surface area contributed by atoms with Crippen molar-refractivity contribution in [1.29, 1.82) is 0 Å². The van der Waals surface area contributed by atoms with Gasteiger partial charge in [-0.3, -0.25) is 14.5 Å². The van der Waals surface area contributed by atoms with Gasteiger partial charge in [0.25, 0.3) is 0 Å². The van der Waals surface area contributed by atoms with Crippen LogP contribution in [0.25, 0.3) is 0 Å². The van der Waals surface area contributed by atoms with E-state index < -0.39 is 22.4 Å². The molecule has 164 valence electrons. The number of carbonyl (C=O) groups excluding carboxylic acids is 1. The molecule has 0 fully saturated rings. The highest BCUT2D eigenvalue weighted by Crippen LogP contribution is 2.33. The molecule has 0 spiro atoms. The van der Waals surface area contributed by atoms with Crippen molar-refractivity contribution >= 4 is 33.3 Å². The number of aromatic nitrogens is 4. The number of thioether (sulfide) groups is 1. The van der Waals surface area contributed by atoms with Gasteiger partial charge in [0.2, 0.25) is 10.0 Å². The normalized spacial score (nSPS) is 12.5. The molecule has 0 aliphatic carbocycles. The predicted molar refractivity (Wildman–Crippen MR) is 118 cm³/mol. The van der Waals surface area contributed by atoms with Gasteiger partial charge in [-0.25, -0.2) is 8.42 Å². The molecule has 0 bridgehead atoms. The lowest BCUT2D eigenvalue weighted by Gasteiger charge is -2.12. The third kappa shape index (κ3) is 6.36. The number of benzene rings is 1. The number of sulfonamides is 1. The van der Waals surface area contributed by atoms with Gasteiger partial charge in [0.1, 0.15) is 12.0 Å². The molecule has 0 aliphatic heterocycles. The number of rotatable bonds is 10. The van der Waals surface area contributed by atoms with Gasteiger partial charge in [-0.1, -0.05) is 36.0 Å². The Labute approximate surface area is 185 Å². The Bertz CT molecular complexity index is 1160. The van der Waals surface area contributed by atoms with E-state index in [2.05, 4.69) is 26.8 Å². The zero-order valence-electron chi connectivity index (χ0n) is 17.1. The lowest BCUT2D eigenvalue weighted by molar-refractivity contribution is 0.0988. The molecule has 2 N–H and O–H groups in total. The SMILES string of the molecule is C[C@H](Sc1nncn1C)c1cccc(CC(=O)c2cc(NS(=O)(=O)CCO)ccn2)c1. The number of pyridine rings is 1. The Morgan fingerprint density at radius 2 is 2.10 bits per heavy atom. The van der Waals surface area contributed by atoms with Crippen LogP contribution in [-0.4, -0.2) is 51.4 Å². The predicted octanol–water partition coefficient (Wildman–Crippen LogP) is 2.22. The van der Waals surface area contributed by atoms with Gasteiger partial charge < -0.3 is 9.67 Å². The molecule has 2 heterocycles. The molecule has 0 saturated heterocycles. The maximum absolute atomic E-state index is 12.7. The lowest BCUT2D eigenvalue weighted by Crippen LogP contribution is -2.19. The number of aryl methyl sites for hydroxylation is 1. The van der Waals surface area contributed by atoms with Gasteiger partial charge in [0.05, 0.1) is 18.0 Å². The summed E-state index contributed by atoms with van der Waals surface area (Å²) in [6, 6.07) is 10.6. The van der Waals surface area contributed by atoms with Crippen LogP contribution in [0.2, 0.25) is 0 Å². The summed E-state index contributed by atoms with van der Waals surface area (Å²) in [5.41, 5.74) is 2.28. The first-order valence-corrected chi connectivity index (χ1v) is 12.0. The number of nitrogens with zero attached hydrogens (tertiary/aromatic N) is 4. The second-order valence-corrected chi connectivity index (χ2v) is 10.1. The highest BCUT2D eigenvalue weighted by Gasteiger charge is 2.15. The summed E-state index contributed by atoms with van der Waals surface area (Å²) in [6.45, 7) is 1.57. The largest absolute Gasteiger partial charge is 0.395 e. The average molecular weight is 462 g/mol. The summed E-state index contributed by atoms with van der Waals surface area (Å²) >= 11 is 1.57. The van der Waals surface area contributed by atoms with Gasteiger partial charge in [0.15, 0.2) is 10.9 Å². The molecule has 11 heteroatoms. The van der Waals surface area contributed by atoms with Gasteiger partial charge >= 0.3 is 0 Å². The fourth-order valence-corrected chi connectivity index (χ4v) is 4.57. The molecule has 9 nitrogen and oxygen atoms in total. The van der Waals surface area contributed by atoms with Gasteiger partial charge in [-0.05, 0) is 30.2 Å². The first kappa shape index (κ1) is 22.9. The van der Waals surface area contributed by atoms with Crippen molar-refractivity contribution in [2.45, 2.75) is 23.8 Å². The van der Waals surface area contributed by atoms with Gasteiger partial charge in [0, 0.05) is 24.9 Å². The summed E-state index contributed by atoms with van der Waals surface area (Å²) < 4.78 is 27.8. The number of hydrogen-bond donors (Lipinski definition) is 2. The van der Waals surface area contributed by atoms with Crippen LogP contribution in [0.3, 0.4) is 0 Å². The van der Waals surface area contributed by atoms with E-state index in [-0.39, 0.29) is 28.8 Å². The quantitative estimate of drug-likeness (QED) is 0.348. The second kappa shape index (κ2) is 10.0. The molecule has 1 atom stereocenters. The van der Waals surface area contributed by atoms with Crippen molar-refractivity contribution in [3.63, 3.8) is 0 Å². The number of aliphatic hydroxyl groups excluding tert-OH is 1. The van der Waals surface area contributed by atoms with Crippen LogP contribution in [0.15, 0.2) is 54.1 Å². The minimum Gasteiger partial charge on any atom is -0.395 e. The Kier molecular flexibility index (Phi) is 7.42. The van der Waals surface area contributed by atoms with Crippen molar-refractivity contribution in [2.24, 2.45) is 7.05 Å². The third-order valence-corrected chi connectivity index (χ3v) is 6.89. The highest BCUT2D eigenvalue weighted by atomic mass is 32.2. The smallest absolute Gasteiger partial charge is 0.234 e. The Morgan fingerprint density at radius 1 is 1.29 bits per heavy atom. The molecule has 0 radical (unpaired) electrons. The van der Waals surface area contributed by atoms with Gasteiger partial charge in [-0.15, -0.1) is 10.2 Å². The summed E-state index contributed by atoms with van der Waals surface area (Å²) in [5, 5.41) is 17.7. The van der Waals surface area contributed by atoms with Gasteiger partial charge in [-0.2, -0.15) is 0 Å². The maximum atomic E-state index is 12.7. The summed E-state index contributed by atoms with van der Waals surface area (Å²) in [5.74, 6) is -0.649. The molecule has 3 aromatic rings. The minimum absolute atomic E-state index is 0.111. The number of nitrogens with one attached hydrogen (secondary N) is 1. The first-order valence-electron chi connectivity index (χ1n) is 9.47. The molecule has 3 rings (SSSR count). The van der Waals surface area contributed by atoms with Crippen molar-refractivity contribution in [3.05, 3.63) is 65.7 Å². The van der Waals surface area contributed by atoms with E-state index in [9.17, 15) is 13.2 Å². The van der Waals surface area contributed by atoms with Crippen molar-refractivity contribution in [3.8, 4) is 0 Å². The molecular formula is C20H23N5O4S2. The monoisotopic (exact) mass is 461 g/mol. The fraction of sp³-hybridized carbons (Fsp3) is 0.300. The third-order valence-electron chi connectivity index (χ3n) is 4.42. The minimum atomic E-state index is -3.68. The van der Waals surface area contributed by atoms with E-state index in [1.807, 2.05) is 35.9 Å². The Morgan fingerprint density at radius 3 is 2.81 bits per heavy atom. The Hall–Kier alpha value is -2.76. The van der Waals surface area contributed by atoms with Crippen LogP contribution < -0.4 is 4.72 Å². The van der Waals surface area contributed by atoms with Crippen LogP contribution in [0.5, 0.6) is 0 Å². The number of carbonyl (C=O) groups is 1. The van der Waals surface area contributed by atoms with E-state index in [0.29, 0.717) is 0 Å². The van der Waals surface area contributed by atoms with Crippen LogP contribution in [-0.2, 0) is 23.5 Å². The number of hydrogen-bond acceptors (Lipinski definition) is 8. The fourth-order valence-electron chi connectivity index (χ4n) is 2.83. The highest BCUT2D eigenvalue weighted by molar-refractivity contribution is 7.99. The molecule has 31 heavy (non-hydrogen) atoms. The number of aliphatic hydroxyl groups is 1. The van der Waals surface area contributed by atoms with Crippen molar-refractivity contribution in [2.75, 3.05) is 17.1 Å². The molecule has 0 aliphatic rings. The van der Waals surface area contributed by atoms with Crippen LogP contribution in [0, 0.1) is 0 Å². The van der Waals surface area contributed by atoms with E-state index in [1.165, 1.54) is 18.3 Å². The number of ketones is 1. The molecular weight excluding hydrogens is 438 g/mol. The van der Waals surface area contributed by atoms with E-state index in [1.54, 1.807) is 18.1 Å². The van der Waals surface area contributed by atoms with Crippen LogP contribution in [0.4, 0.5) is 5.69 Å². The van der Waals surface area contributed by atoms with E-state index in [4.69, 9.17) is 5.11 Å². The zero-order valence-corrected chi connectivity index (χ0v) is 18.7. The van der Waals surface area contributed by atoms with Crippen molar-refractivity contribution < 1.29 is 18.3 Å². The number of anilines is 1. The summed E-state index contributed by atoms with van der Waals surface area (Å²) in [4.78, 5) is 16.8.